The summed E-state index contributed by atoms with van der Waals surface area (Å²) in [6.07, 6.45) is 0. The van der Waals surface area contributed by atoms with Crippen LogP contribution < -0.4 is 0 Å². The summed E-state index contributed by atoms with van der Waals surface area (Å²) in [4.78, 5) is 15.7. The molecule has 1 aliphatic rings. The van der Waals surface area contributed by atoms with Crippen molar-refractivity contribution in [2.45, 2.75) is 5.41 Å². The number of rotatable bonds is 6. The zero-order valence-corrected chi connectivity index (χ0v) is 28.3. The highest BCUT2D eigenvalue weighted by molar-refractivity contribution is 5.90. The van der Waals surface area contributed by atoms with Crippen molar-refractivity contribution in [1.29, 1.82) is 0 Å². The molecule has 0 atom stereocenters. The van der Waals surface area contributed by atoms with Gasteiger partial charge in [-0.3, -0.25) is 4.57 Å². The van der Waals surface area contributed by atoms with Gasteiger partial charge in [0.2, 0.25) is 0 Å². The van der Waals surface area contributed by atoms with Gasteiger partial charge in [-0.25, -0.2) is 15.0 Å². The van der Waals surface area contributed by atoms with Crippen molar-refractivity contribution < 1.29 is 0 Å². The van der Waals surface area contributed by atoms with E-state index in [1.54, 1.807) is 0 Å². The van der Waals surface area contributed by atoms with E-state index in [1.165, 1.54) is 16.7 Å². The second kappa shape index (κ2) is 12.1. The van der Waals surface area contributed by atoms with Crippen LogP contribution in [0.5, 0.6) is 0 Å². The smallest absolute Gasteiger partial charge is 0.160 e. The molecule has 52 heavy (non-hydrogen) atoms. The van der Waals surface area contributed by atoms with Crippen LogP contribution in [0.4, 0.5) is 0 Å². The maximum atomic E-state index is 5.43. The number of imidazole rings is 1. The van der Waals surface area contributed by atoms with Crippen LogP contribution >= 0.6 is 0 Å². The molecule has 10 rings (SSSR count). The number of hydrogen-bond donors (Lipinski definition) is 0. The highest BCUT2D eigenvalue weighted by atomic mass is 15.1. The molecule has 0 bridgehead atoms. The number of benzene rings is 7. The summed E-state index contributed by atoms with van der Waals surface area (Å²) in [5.74, 6) is 1.68. The Kier molecular flexibility index (Phi) is 7.00. The van der Waals surface area contributed by atoms with Gasteiger partial charge in [0, 0.05) is 22.3 Å². The molecule has 0 saturated carbocycles. The average molecular weight is 665 g/mol. The molecule has 7 aromatic carbocycles. The van der Waals surface area contributed by atoms with E-state index >= 15 is 0 Å². The molecule has 0 unspecified atom stereocenters. The Labute approximate surface area is 302 Å². The average Bonchev–Trinajstić information content (AvgIpc) is 3.75. The van der Waals surface area contributed by atoms with Crippen molar-refractivity contribution in [3.8, 4) is 50.7 Å². The molecule has 0 aliphatic carbocycles. The normalized spacial score (nSPS) is 12.8. The standard InChI is InChI=1S/C48H32N4/c1-5-17-33(18-6-1)42-32-43(34-19-7-2-8-20-34)50-46(49-42)36-22-15-21-35(31-36)39-27-16-28-40-45(39)52-44-30-14-13-29-41(44)51-47(52)48(40,37-23-9-3-10-24-37)38-25-11-4-12-26-38/h1-32H. The Balaban J connectivity index is 1.22. The highest BCUT2D eigenvalue weighted by Crippen LogP contribution is 2.54. The number of hydrogen-bond acceptors (Lipinski definition) is 3. The van der Waals surface area contributed by atoms with Crippen LogP contribution in [0.1, 0.15) is 22.5 Å². The lowest BCUT2D eigenvalue weighted by Crippen LogP contribution is -2.29. The molecule has 0 N–H and O–H groups in total. The van der Waals surface area contributed by atoms with Gasteiger partial charge in [-0.05, 0) is 46.5 Å². The Bertz CT molecular complexity index is 2620. The molecular weight excluding hydrogens is 633 g/mol. The quantitative estimate of drug-likeness (QED) is 0.178. The van der Waals surface area contributed by atoms with E-state index in [9.17, 15) is 0 Å². The van der Waals surface area contributed by atoms with E-state index in [0.29, 0.717) is 5.82 Å². The molecule has 244 valence electrons. The maximum absolute atomic E-state index is 5.43. The van der Waals surface area contributed by atoms with Gasteiger partial charge in [0.05, 0.1) is 28.1 Å². The summed E-state index contributed by atoms with van der Waals surface area (Å²) < 4.78 is 2.40. The molecule has 2 aromatic heterocycles. The summed E-state index contributed by atoms with van der Waals surface area (Å²) in [6.45, 7) is 0. The van der Waals surface area contributed by atoms with E-state index in [1.807, 2.05) is 12.1 Å². The lowest BCUT2D eigenvalue weighted by atomic mass is 9.69. The summed E-state index contributed by atoms with van der Waals surface area (Å²) in [5, 5.41) is 0. The number of fused-ring (bicyclic) bond motifs is 5. The lowest BCUT2D eigenvalue weighted by molar-refractivity contribution is 0.718. The fourth-order valence-electron chi connectivity index (χ4n) is 7.97. The van der Waals surface area contributed by atoms with Gasteiger partial charge in [0.25, 0.3) is 0 Å². The van der Waals surface area contributed by atoms with E-state index < -0.39 is 5.41 Å². The van der Waals surface area contributed by atoms with Gasteiger partial charge in [0.1, 0.15) is 11.2 Å². The molecule has 3 heterocycles. The van der Waals surface area contributed by atoms with Crippen LogP contribution in [0, 0.1) is 0 Å². The second-order valence-corrected chi connectivity index (χ2v) is 13.2. The van der Waals surface area contributed by atoms with Crippen LogP contribution in [0.15, 0.2) is 194 Å². The molecule has 1 aliphatic heterocycles. The van der Waals surface area contributed by atoms with Crippen LogP contribution in [0.3, 0.4) is 0 Å². The van der Waals surface area contributed by atoms with E-state index in [4.69, 9.17) is 15.0 Å². The summed E-state index contributed by atoms with van der Waals surface area (Å²) in [6, 6.07) is 68.2. The molecule has 4 heteroatoms. The Morgan fingerprint density at radius 2 is 0.923 bits per heavy atom. The summed E-state index contributed by atoms with van der Waals surface area (Å²) >= 11 is 0. The minimum Gasteiger partial charge on any atom is -0.294 e. The van der Waals surface area contributed by atoms with Gasteiger partial charge >= 0.3 is 0 Å². The van der Waals surface area contributed by atoms with Gasteiger partial charge in [-0.2, -0.15) is 0 Å². The molecule has 9 aromatic rings. The Hall–Kier alpha value is -6.91. The van der Waals surface area contributed by atoms with Crippen molar-refractivity contribution in [3.05, 3.63) is 217 Å². The monoisotopic (exact) mass is 664 g/mol. The minimum atomic E-state index is -0.623. The molecule has 0 saturated heterocycles. The van der Waals surface area contributed by atoms with Crippen LogP contribution in [-0.2, 0) is 5.41 Å². The second-order valence-electron chi connectivity index (χ2n) is 13.2. The fourth-order valence-corrected chi connectivity index (χ4v) is 7.97. The molecule has 4 nitrogen and oxygen atoms in total. The van der Waals surface area contributed by atoms with Crippen LogP contribution in [0.25, 0.3) is 61.8 Å². The molecule has 0 amide bonds. The van der Waals surface area contributed by atoms with Gasteiger partial charge in [-0.15, -0.1) is 0 Å². The molecular formula is C48H32N4. The van der Waals surface area contributed by atoms with Gasteiger partial charge < -0.3 is 0 Å². The van der Waals surface area contributed by atoms with Crippen molar-refractivity contribution in [1.82, 2.24) is 19.5 Å². The number of nitrogens with zero attached hydrogens (tertiary/aromatic N) is 4. The first-order valence-electron chi connectivity index (χ1n) is 17.6. The third-order valence-electron chi connectivity index (χ3n) is 10.3. The highest BCUT2D eigenvalue weighted by Gasteiger charge is 2.49. The predicted octanol–water partition coefficient (Wildman–Crippen LogP) is 11.2. The van der Waals surface area contributed by atoms with E-state index in [-0.39, 0.29) is 0 Å². The third kappa shape index (κ3) is 4.65. The zero-order chi connectivity index (χ0) is 34.5. The lowest BCUT2D eigenvalue weighted by Gasteiger charge is -2.31. The minimum absolute atomic E-state index is 0.623. The zero-order valence-electron chi connectivity index (χ0n) is 28.3. The Morgan fingerprint density at radius 1 is 0.404 bits per heavy atom. The van der Waals surface area contributed by atoms with Crippen molar-refractivity contribution in [2.24, 2.45) is 0 Å². The van der Waals surface area contributed by atoms with Gasteiger partial charge in [0.15, 0.2) is 5.82 Å². The first-order chi connectivity index (χ1) is 25.8. The van der Waals surface area contributed by atoms with E-state index in [2.05, 4.69) is 187 Å². The largest absolute Gasteiger partial charge is 0.294 e. The summed E-state index contributed by atoms with van der Waals surface area (Å²) in [5.41, 5.74) is 13.2. The topological polar surface area (TPSA) is 43.6 Å². The van der Waals surface area contributed by atoms with Crippen molar-refractivity contribution >= 4 is 11.0 Å². The Morgan fingerprint density at radius 3 is 1.56 bits per heavy atom. The van der Waals surface area contributed by atoms with Gasteiger partial charge in [-0.1, -0.05) is 170 Å². The van der Waals surface area contributed by atoms with Crippen LogP contribution in [0.2, 0.25) is 0 Å². The van der Waals surface area contributed by atoms with Crippen LogP contribution in [-0.4, -0.2) is 19.5 Å². The summed E-state index contributed by atoms with van der Waals surface area (Å²) in [7, 11) is 0. The fraction of sp³-hybridized carbons (Fsp3) is 0.0208. The number of aromatic nitrogens is 4. The third-order valence-corrected chi connectivity index (χ3v) is 10.3. The molecule has 0 radical (unpaired) electrons. The SMILES string of the molecule is c1ccc(-c2cc(-c3ccccc3)nc(-c3cccc(-c4cccc5c4-n4c(nc6ccccc64)C5(c4ccccc4)c4ccccc4)c3)n2)cc1. The number of para-hydroxylation sites is 3. The first kappa shape index (κ1) is 30.0. The predicted molar refractivity (Wildman–Crippen MR) is 210 cm³/mol. The van der Waals surface area contributed by atoms with Crippen molar-refractivity contribution in [2.75, 3.05) is 0 Å². The molecule has 0 spiro atoms. The first-order valence-corrected chi connectivity index (χ1v) is 17.6. The van der Waals surface area contributed by atoms with Crippen molar-refractivity contribution in [3.63, 3.8) is 0 Å². The molecule has 0 fully saturated rings. The maximum Gasteiger partial charge on any atom is 0.160 e. The van der Waals surface area contributed by atoms with E-state index in [0.717, 1.165) is 61.8 Å².